The first-order valence-electron chi connectivity index (χ1n) is 8.48. The first-order valence-corrected chi connectivity index (χ1v) is 8.48. The molecule has 3 unspecified atom stereocenters. The van der Waals surface area contributed by atoms with Crippen LogP contribution in [0.3, 0.4) is 0 Å². The molecule has 0 bridgehead atoms. The van der Waals surface area contributed by atoms with Gasteiger partial charge >= 0.3 is 0 Å². The van der Waals surface area contributed by atoms with Crippen LogP contribution < -0.4 is 5.32 Å². The maximum atomic E-state index is 5.70. The Morgan fingerprint density at radius 3 is 2.26 bits per heavy atom. The minimum atomic E-state index is 0.669. The van der Waals surface area contributed by atoms with Gasteiger partial charge in [0.2, 0.25) is 0 Å². The monoisotopic (exact) mass is 269 g/mol. The van der Waals surface area contributed by atoms with Crippen molar-refractivity contribution in [2.24, 2.45) is 17.8 Å². The van der Waals surface area contributed by atoms with Gasteiger partial charge in [0.25, 0.3) is 0 Å². The van der Waals surface area contributed by atoms with Gasteiger partial charge in [0, 0.05) is 19.3 Å². The van der Waals surface area contributed by atoms with E-state index in [1.54, 1.807) is 0 Å². The predicted molar refractivity (Wildman–Crippen MR) is 83.5 cm³/mol. The quantitative estimate of drug-likeness (QED) is 0.632. The van der Waals surface area contributed by atoms with Crippen molar-refractivity contribution in [2.45, 2.75) is 72.3 Å². The van der Waals surface area contributed by atoms with E-state index >= 15 is 0 Å². The van der Waals surface area contributed by atoms with Crippen molar-refractivity contribution in [2.75, 3.05) is 19.8 Å². The van der Waals surface area contributed by atoms with E-state index in [2.05, 4.69) is 33.0 Å². The number of hydrogen-bond donors (Lipinski definition) is 1. The lowest BCUT2D eigenvalue weighted by Gasteiger charge is -2.37. The van der Waals surface area contributed by atoms with Gasteiger partial charge in [0.15, 0.2) is 0 Å². The van der Waals surface area contributed by atoms with Crippen molar-refractivity contribution in [3.05, 3.63) is 0 Å². The van der Waals surface area contributed by atoms with E-state index in [0.29, 0.717) is 6.04 Å². The molecule has 1 saturated carbocycles. The molecule has 0 spiro atoms. The fraction of sp³-hybridized carbons (Fsp3) is 1.00. The third-order valence-electron chi connectivity index (χ3n) is 4.36. The van der Waals surface area contributed by atoms with Gasteiger partial charge in [-0.25, -0.2) is 0 Å². The second kappa shape index (κ2) is 9.77. The van der Waals surface area contributed by atoms with Gasteiger partial charge in [0.1, 0.15) is 0 Å². The molecule has 1 aliphatic rings. The minimum absolute atomic E-state index is 0.669. The summed E-state index contributed by atoms with van der Waals surface area (Å²) < 4.78 is 5.70. The summed E-state index contributed by atoms with van der Waals surface area (Å²) in [4.78, 5) is 0. The SMILES string of the molecule is CCCNC(CCOCCC)C1CC(C)CC(C)C1. The highest BCUT2D eigenvalue weighted by atomic mass is 16.5. The molecule has 0 radical (unpaired) electrons. The predicted octanol–water partition coefficient (Wildman–Crippen LogP) is 4.24. The molecular formula is C17H35NO. The highest BCUT2D eigenvalue weighted by Crippen LogP contribution is 2.35. The number of nitrogens with one attached hydrogen (secondary N) is 1. The molecule has 0 heterocycles. The van der Waals surface area contributed by atoms with Crippen LogP contribution in [0.1, 0.15) is 66.2 Å². The molecule has 0 saturated heterocycles. The molecule has 1 rings (SSSR count). The smallest absolute Gasteiger partial charge is 0.0480 e. The number of rotatable bonds is 9. The van der Waals surface area contributed by atoms with Crippen LogP contribution in [0.4, 0.5) is 0 Å². The highest BCUT2D eigenvalue weighted by molar-refractivity contribution is 4.83. The fourth-order valence-electron chi connectivity index (χ4n) is 3.63. The van der Waals surface area contributed by atoms with E-state index in [1.165, 1.54) is 32.1 Å². The van der Waals surface area contributed by atoms with Gasteiger partial charge in [-0.05, 0) is 62.8 Å². The van der Waals surface area contributed by atoms with E-state index in [0.717, 1.165) is 43.9 Å². The molecule has 1 N–H and O–H groups in total. The van der Waals surface area contributed by atoms with E-state index in [-0.39, 0.29) is 0 Å². The zero-order chi connectivity index (χ0) is 14.1. The molecule has 2 nitrogen and oxygen atoms in total. The summed E-state index contributed by atoms with van der Waals surface area (Å²) in [7, 11) is 0. The van der Waals surface area contributed by atoms with Gasteiger partial charge in [-0.2, -0.15) is 0 Å². The molecule has 0 aromatic rings. The van der Waals surface area contributed by atoms with Crippen LogP contribution in [0.25, 0.3) is 0 Å². The van der Waals surface area contributed by atoms with Gasteiger partial charge in [-0.15, -0.1) is 0 Å². The maximum Gasteiger partial charge on any atom is 0.0480 e. The number of hydrogen-bond acceptors (Lipinski definition) is 2. The van der Waals surface area contributed by atoms with E-state index in [1.807, 2.05) is 0 Å². The molecule has 114 valence electrons. The van der Waals surface area contributed by atoms with E-state index < -0.39 is 0 Å². The molecule has 1 fully saturated rings. The van der Waals surface area contributed by atoms with Crippen molar-refractivity contribution in [1.82, 2.24) is 5.32 Å². The number of ether oxygens (including phenoxy) is 1. The van der Waals surface area contributed by atoms with Crippen molar-refractivity contribution in [3.63, 3.8) is 0 Å². The van der Waals surface area contributed by atoms with Crippen LogP contribution in [0.5, 0.6) is 0 Å². The zero-order valence-electron chi connectivity index (χ0n) is 13.6. The minimum Gasteiger partial charge on any atom is -0.381 e. The van der Waals surface area contributed by atoms with Crippen molar-refractivity contribution < 1.29 is 4.74 Å². The van der Waals surface area contributed by atoms with Crippen LogP contribution in [-0.2, 0) is 4.74 Å². The Labute approximate surface area is 120 Å². The van der Waals surface area contributed by atoms with E-state index in [4.69, 9.17) is 4.74 Å². The average molecular weight is 269 g/mol. The standard InChI is InChI=1S/C17H35NO/c1-5-8-18-17(7-10-19-9-6-2)16-12-14(3)11-15(4)13-16/h14-18H,5-13H2,1-4H3. The first kappa shape index (κ1) is 17.0. The topological polar surface area (TPSA) is 21.3 Å². The lowest BCUT2D eigenvalue weighted by atomic mass is 9.73. The van der Waals surface area contributed by atoms with Crippen LogP contribution in [-0.4, -0.2) is 25.8 Å². The lowest BCUT2D eigenvalue weighted by molar-refractivity contribution is 0.102. The van der Waals surface area contributed by atoms with Gasteiger partial charge in [-0.3, -0.25) is 0 Å². The molecule has 0 aliphatic heterocycles. The summed E-state index contributed by atoms with van der Waals surface area (Å²) in [6.07, 6.45) is 7.77. The van der Waals surface area contributed by atoms with Gasteiger partial charge < -0.3 is 10.1 Å². The van der Waals surface area contributed by atoms with Crippen LogP contribution in [0.2, 0.25) is 0 Å². The van der Waals surface area contributed by atoms with E-state index in [9.17, 15) is 0 Å². The summed E-state index contributed by atoms with van der Waals surface area (Å²) in [5.74, 6) is 2.66. The third-order valence-corrected chi connectivity index (χ3v) is 4.36. The summed E-state index contributed by atoms with van der Waals surface area (Å²) >= 11 is 0. The van der Waals surface area contributed by atoms with Crippen molar-refractivity contribution in [1.29, 1.82) is 0 Å². The first-order chi connectivity index (χ1) is 9.17. The Morgan fingerprint density at radius 1 is 1.00 bits per heavy atom. The Bertz CT molecular complexity index is 209. The summed E-state index contributed by atoms with van der Waals surface area (Å²) in [6.45, 7) is 12.3. The summed E-state index contributed by atoms with van der Waals surface area (Å²) in [5, 5.41) is 3.78. The zero-order valence-corrected chi connectivity index (χ0v) is 13.6. The molecule has 0 aromatic heterocycles. The highest BCUT2D eigenvalue weighted by Gasteiger charge is 2.29. The van der Waals surface area contributed by atoms with Crippen molar-refractivity contribution >= 4 is 0 Å². The normalized spacial score (nSPS) is 29.4. The molecule has 0 aromatic carbocycles. The molecule has 2 heteroatoms. The third kappa shape index (κ3) is 6.76. The molecule has 19 heavy (non-hydrogen) atoms. The average Bonchev–Trinajstić information content (AvgIpc) is 2.36. The Balaban J connectivity index is 2.41. The van der Waals surface area contributed by atoms with Crippen LogP contribution in [0, 0.1) is 17.8 Å². The van der Waals surface area contributed by atoms with Crippen molar-refractivity contribution in [3.8, 4) is 0 Å². The Morgan fingerprint density at radius 2 is 1.68 bits per heavy atom. The lowest BCUT2D eigenvalue weighted by Crippen LogP contribution is -2.41. The molecule has 1 aliphatic carbocycles. The second-order valence-electron chi connectivity index (χ2n) is 6.64. The maximum absolute atomic E-state index is 5.70. The summed E-state index contributed by atoms with van der Waals surface area (Å²) in [6, 6.07) is 0.669. The Hall–Kier alpha value is -0.0800. The Kier molecular flexibility index (Phi) is 8.72. The summed E-state index contributed by atoms with van der Waals surface area (Å²) in [5.41, 5.74) is 0. The fourth-order valence-corrected chi connectivity index (χ4v) is 3.63. The largest absolute Gasteiger partial charge is 0.381 e. The molecule has 0 amide bonds. The van der Waals surface area contributed by atoms with Gasteiger partial charge in [-0.1, -0.05) is 27.7 Å². The van der Waals surface area contributed by atoms with Crippen LogP contribution in [0.15, 0.2) is 0 Å². The van der Waals surface area contributed by atoms with Crippen LogP contribution >= 0.6 is 0 Å². The molecular weight excluding hydrogens is 234 g/mol. The van der Waals surface area contributed by atoms with Gasteiger partial charge in [0.05, 0.1) is 0 Å². The second-order valence-corrected chi connectivity index (χ2v) is 6.64. The molecule has 3 atom stereocenters.